The van der Waals surface area contributed by atoms with Gasteiger partial charge in [-0.3, -0.25) is 9.59 Å². The molecule has 4 rings (SSSR count). The van der Waals surface area contributed by atoms with Crippen molar-refractivity contribution in [3.05, 3.63) is 64.7 Å². The lowest BCUT2D eigenvalue weighted by Gasteiger charge is -2.40. The number of para-hydroxylation sites is 1. The monoisotopic (exact) mass is 570 g/mol. The second-order valence-electron chi connectivity index (χ2n) is 9.80. The summed E-state index contributed by atoms with van der Waals surface area (Å²) in [6, 6.07) is 9.92. The molecule has 11 heteroatoms. The second-order valence-corrected chi connectivity index (χ2v) is 9.80. The Morgan fingerprint density at radius 1 is 1.10 bits per heavy atom. The first-order valence-electron chi connectivity index (χ1n) is 13.6. The highest BCUT2D eigenvalue weighted by molar-refractivity contribution is 5.96. The third-order valence-corrected chi connectivity index (χ3v) is 7.42. The number of aliphatic hydroxyl groups excluding tert-OH is 3. The van der Waals surface area contributed by atoms with E-state index < -0.39 is 30.1 Å². The van der Waals surface area contributed by atoms with E-state index in [-0.39, 0.29) is 44.4 Å². The summed E-state index contributed by atoms with van der Waals surface area (Å²) in [6.45, 7) is 1.63. The Bertz CT molecular complexity index is 1260. The number of hydrogen-bond acceptors (Lipinski definition) is 9. The van der Waals surface area contributed by atoms with Gasteiger partial charge in [0.05, 0.1) is 39.4 Å². The summed E-state index contributed by atoms with van der Waals surface area (Å²) >= 11 is 0. The Morgan fingerprint density at radius 3 is 2.54 bits per heavy atom. The molecule has 2 amide bonds. The molecule has 11 nitrogen and oxygen atoms in total. The third-order valence-electron chi connectivity index (χ3n) is 7.42. The first-order chi connectivity index (χ1) is 19.9. The van der Waals surface area contributed by atoms with E-state index in [0.717, 1.165) is 5.56 Å². The molecule has 2 aromatic rings. The molecule has 1 aliphatic carbocycles. The van der Waals surface area contributed by atoms with Gasteiger partial charge in [-0.05, 0) is 48.7 Å². The number of carbonyl (C=O) groups is 2. The first kappa shape index (κ1) is 30.3. The Kier molecular flexibility index (Phi) is 10.2. The van der Waals surface area contributed by atoms with Gasteiger partial charge in [-0.25, -0.2) is 0 Å². The molecule has 4 N–H and O–H groups in total. The van der Waals surface area contributed by atoms with Crippen molar-refractivity contribution in [2.24, 2.45) is 0 Å². The summed E-state index contributed by atoms with van der Waals surface area (Å²) in [7, 11) is 3.05. The Balaban J connectivity index is 1.76. The molecular formula is C30H38N2O9. The highest BCUT2D eigenvalue weighted by atomic mass is 16.5. The summed E-state index contributed by atoms with van der Waals surface area (Å²) in [5.41, 5.74) is 2.30. The van der Waals surface area contributed by atoms with Crippen LogP contribution in [0.4, 0.5) is 0 Å². The summed E-state index contributed by atoms with van der Waals surface area (Å²) in [5, 5.41) is 33.6. The standard InChI is InChI=1S/C30H38N2O9/c1-4-40-17-25(35)32(11-9-19-7-5-6-8-23(19)38-2)22-15-21(30(37)31-10-12-33)26-20-13-18(16-34)14-24(39-3)28(20)41-29(26)27(22)36/h5-8,13-15,22,26-27,29,33-34,36H,4,9-12,16-17H2,1-3H3,(H,31,37). The lowest BCUT2D eigenvalue weighted by atomic mass is 9.77. The van der Waals surface area contributed by atoms with Crippen molar-refractivity contribution < 1.29 is 43.9 Å². The highest BCUT2D eigenvalue weighted by Gasteiger charge is 2.51. The van der Waals surface area contributed by atoms with E-state index in [1.165, 1.54) is 12.0 Å². The van der Waals surface area contributed by atoms with Gasteiger partial charge in [0.1, 0.15) is 24.6 Å². The molecular weight excluding hydrogens is 532 g/mol. The molecule has 0 aromatic heterocycles. The maximum absolute atomic E-state index is 13.5. The minimum Gasteiger partial charge on any atom is -0.496 e. The van der Waals surface area contributed by atoms with Gasteiger partial charge in [0.15, 0.2) is 11.5 Å². The van der Waals surface area contributed by atoms with E-state index in [0.29, 0.717) is 41.4 Å². The quantitative estimate of drug-likeness (QED) is 0.276. The summed E-state index contributed by atoms with van der Waals surface area (Å²) in [6.07, 6.45) is -0.117. The van der Waals surface area contributed by atoms with Crippen molar-refractivity contribution in [3.63, 3.8) is 0 Å². The van der Waals surface area contributed by atoms with Gasteiger partial charge in [-0.1, -0.05) is 18.2 Å². The topological polar surface area (TPSA) is 147 Å². The van der Waals surface area contributed by atoms with Crippen molar-refractivity contribution in [2.75, 3.05) is 47.1 Å². The molecule has 0 saturated heterocycles. The predicted octanol–water partition coefficient (Wildman–Crippen LogP) is 0.927. The maximum atomic E-state index is 13.5. The maximum Gasteiger partial charge on any atom is 0.249 e. The van der Waals surface area contributed by atoms with E-state index in [4.69, 9.17) is 18.9 Å². The van der Waals surface area contributed by atoms with Crippen molar-refractivity contribution in [1.82, 2.24) is 10.2 Å². The molecule has 4 atom stereocenters. The number of amides is 2. The van der Waals surface area contributed by atoms with Gasteiger partial charge in [-0.15, -0.1) is 0 Å². The zero-order chi connectivity index (χ0) is 29.5. The highest BCUT2D eigenvalue weighted by Crippen LogP contribution is 2.51. The van der Waals surface area contributed by atoms with Crippen LogP contribution in [0.3, 0.4) is 0 Å². The molecule has 2 aromatic carbocycles. The lowest BCUT2D eigenvalue weighted by molar-refractivity contribution is -0.141. The zero-order valence-corrected chi connectivity index (χ0v) is 23.5. The number of aliphatic hydroxyl groups is 3. The van der Waals surface area contributed by atoms with Crippen LogP contribution in [0.5, 0.6) is 17.2 Å². The van der Waals surface area contributed by atoms with E-state index >= 15 is 0 Å². The summed E-state index contributed by atoms with van der Waals surface area (Å²) < 4.78 is 22.7. The molecule has 1 heterocycles. The van der Waals surface area contributed by atoms with Crippen molar-refractivity contribution >= 4 is 11.8 Å². The third kappa shape index (κ3) is 6.33. The predicted molar refractivity (Wildman–Crippen MR) is 149 cm³/mol. The fourth-order valence-corrected chi connectivity index (χ4v) is 5.48. The smallest absolute Gasteiger partial charge is 0.249 e. The first-order valence-corrected chi connectivity index (χ1v) is 13.6. The van der Waals surface area contributed by atoms with Gasteiger partial charge < -0.3 is 44.5 Å². The van der Waals surface area contributed by atoms with Gasteiger partial charge in [-0.2, -0.15) is 0 Å². The molecule has 41 heavy (non-hydrogen) atoms. The number of rotatable bonds is 13. The van der Waals surface area contributed by atoms with E-state index in [1.54, 1.807) is 32.2 Å². The molecule has 0 fully saturated rings. The van der Waals surface area contributed by atoms with Gasteiger partial charge in [0.25, 0.3) is 0 Å². The molecule has 0 saturated carbocycles. The van der Waals surface area contributed by atoms with Crippen molar-refractivity contribution in [3.8, 4) is 17.2 Å². The number of benzene rings is 2. The lowest BCUT2D eigenvalue weighted by Crippen LogP contribution is -2.56. The van der Waals surface area contributed by atoms with Crippen LogP contribution < -0.4 is 19.5 Å². The van der Waals surface area contributed by atoms with E-state index in [1.807, 2.05) is 24.3 Å². The second kappa shape index (κ2) is 13.8. The number of hydrogen-bond donors (Lipinski definition) is 4. The van der Waals surface area contributed by atoms with Gasteiger partial charge in [0.2, 0.25) is 11.8 Å². The Labute approximate surface area is 239 Å². The Morgan fingerprint density at radius 2 is 1.85 bits per heavy atom. The normalized spacial score (nSPS) is 20.8. The minimum absolute atomic E-state index is 0.0231. The fourth-order valence-electron chi connectivity index (χ4n) is 5.48. The summed E-state index contributed by atoms with van der Waals surface area (Å²) in [4.78, 5) is 28.4. The van der Waals surface area contributed by atoms with Crippen molar-refractivity contribution in [2.45, 2.75) is 44.1 Å². The molecule has 2 aliphatic rings. The van der Waals surface area contributed by atoms with Crippen LogP contribution in [0, 0.1) is 0 Å². The largest absolute Gasteiger partial charge is 0.496 e. The number of fused-ring (bicyclic) bond motifs is 3. The van der Waals surface area contributed by atoms with E-state index in [9.17, 15) is 24.9 Å². The molecule has 1 aliphatic heterocycles. The van der Waals surface area contributed by atoms with Crippen molar-refractivity contribution in [1.29, 1.82) is 0 Å². The number of carbonyl (C=O) groups excluding carboxylic acids is 2. The number of methoxy groups -OCH3 is 2. The Hall–Kier alpha value is -3.64. The molecule has 0 spiro atoms. The van der Waals surface area contributed by atoms with Crippen LogP contribution in [-0.2, 0) is 27.4 Å². The fraction of sp³-hybridized carbons (Fsp3) is 0.467. The van der Waals surface area contributed by atoms with Gasteiger partial charge in [0, 0.05) is 30.8 Å². The van der Waals surface area contributed by atoms with Crippen LogP contribution in [0.15, 0.2) is 48.0 Å². The molecule has 222 valence electrons. The van der Waals surface area contributed by atoms with Gasteiger partial charge >= 0.3 is 0 Å². The molecule has 0 radical (unpaired) electrons. The van der Waals surface area contributed by atoms with Crippen LogP contribution in [0.2, 0.25) is 0 Å². The average Bonchev–Trinajstić information content (AvgIpc) is 3.39. The number of nitrogens with one attached hydrogen (secondary N) is 1. The van der Waals surface area contributed by atoms with Crippen LogP contribution in [0.25, 0.3) is 0 Å². The average molecular weight is 571 g/mol. The van der Waals surface area contributed by atoms with Crippen LogP contribution >= 0.6 is 0 Å². The van der Waals surface area contributed by atoms with Crippen LogP contribution in [-0.4, -0.2) is 97.4 Å². The molecule has 4 unspecified atom stereocenters. The minimum atomic E-state index is -1.22. The van der Waals surface area contributed by atoms with Crippen LogP contribution in [0.1, 0.15) is 29.5 Å². The number of nitrogens with zero attached hydrogens (tertiary/aromatic N) is 1. The summed E-state index contributed by atoms with van der Waals surface area (Å²) in [5.74, 6) is -0.117. The number of ether oxygens (including phenoxy) is 4. The molecule has 0 bridgehead atoms. The zero-order valence-electron chi connectivity index (χ0n) is 23.5. The SMILES string of the molecule is CCOCC(=O)N(CCc1ccccc1OC)C1C=C(C(=O)NCCO)C2c3cc(CO)cc(OC)c3OC2C1O. The van der Waals surface area contributed by atoms with E-state index in [2.05, 4.69) is 5.32 Å².